The van der Waals surface area contributed by atoms with Crippen LogP contribution in [0.15, 0.2) is 77.9 Å². The number of ether oxygens (including phenoxy) is 2. The predicted octanol–water partition coefficient (Wildman–Crippen LogP) is 3.60. The average molecular weight is 362 g/mol. The number of benzene rings is 2. The summed E-state index contributed by atoms with van der Waals surface area (Å²) < 4.78 is 11.0. The zero-order chi connectivity index (χ0) is 18.9. The number of methoxy groups -OCH3 is 1. The first-order valence-corrected chi connectivity index (χ1v) is 8.56. The van der Waals surface area contributed by atoms with Crippen LogP contribution in [0.4, 0.5) is 5.69 Å². The molecule has 3 N–H and O–H groups in total. The number of rotatable bonds is 7. The lowest BCUT2D eigenvalue weighted by Crippen LogP contribution is -2.22. The predicted molar refractivity (Wildman–Crippen MR) is 107 cm³/mol. The molecule has 3 rings (SSSR count). The van der Waals surface area contributed by atoms with E-state index in [0.717, 1.165) is 22.7 Å². The maximum Gasteiger partial charge on any atom is 0.193 e. The van der Waals surface area contributed by atoms with Gasteiger partial charge in [-0.2, -0.15) is 0 Å². The van der Waals surface area contributed by atoms with Crippen LogP contribution in [-0.2, 0) is 13.2 Å². The van der Waals surface area contributed by atoms with Crippen LogP contribution < -0.4 is 20.5 Å². The smallest absolute Gasteiger partial charge is 0.193 e. The third kappa shape index (κ3) is 5.47. The monoisotopic (exact) mass is 362 g/mol. The Morgan fingerprint density at radius 2 is 1.81 bits per heavy atom. The number of hydrogen-bond acceptors (Lipinski definition) is 4. The summed E-state index contributed by atoms with van der Waals surface area (Å²) in [6, 6.07) is 21.1. The van der Waals surface area contributed by atoms with Gasteiger partial charge in [-0.1, -0.05) is 30.3 Å². The fraction of sp³-hybridized carbons (Fsp3) is 0.143. The first kappa shape index (κ1) is 18.3. The van der Waals surface area contributed by atoms with Gasteiger partial charge in [0.05, 0.1) is 25.0 Å². The van der Waals surface area contributed by atoms with Crippen molar-refractivity contribution in [3.05, 3.63) is 84.2 Å². The van der Waals surface area contributed by atoms with Gasteiger partial charge in [-0.25, -0.2) is 4.99 Å². The number of guanidine groups is 1. The number of hydrogen-bond donors (Lipinski definition) is 2. The summed E-state index contributed by atoms with van der Waals surface area (Å²) in [5, 5.41) is 3.05. The Balaban J connectivity index is 1.53. The van der Waals surface area contributed by atoms with Crippen molar-refractivity contribution in [2.45, 2.75) is 13.2 Å². The van der Waals surface area contributed by atoms with Crippen LogP contribution >= 0.6 is 0 Å². The van der Waals surface area contributed by atoms with Gasteiger partial charge in [0.2, 0.25) is 0 Å². The quantitative estimate of drug-likeness (QED) is 0.496. The highest BCUT2D eigenvalue weighted by molar-refractivity contribution is 5.93. The minimum absolute atomic E-state index is 0.329. The molecule has 6 heteroatoms. The maximum absolute atomic E-state index is 5.97. The topological polar surface area (TPSA) is 81.8 Å². The molecule has 138 valence electrons. The molecule has 2 aromatic carbocycles. The first-order valence-electron chi connectivity index (χ1n) is 8.56. The zero-order valence-electron chi connectivity index (χ0n) is 15.1. The molecule has 0 bridgehead atoms. The number of para-hydroxylation sites is 2. The van der Waals surface area contributed by atoms with Gasteiger partial charge >= 0.3 is 0 Å². The molecule has 0 saturated heterocycles. The van der Waals surface area contributed by atoms with Gasteiger partial charge in [0.1, 0.15) is 18.1 Å². The number of nitrogens with zero attached hydrogens (tertiary/aromatic N) is 2. The van der Waals surface area contributed by atoms with Crippen LogP contribution in [0, 0.1) is 0 Å². The Labute approximate surface area is 158 Å². The molecule has 0 aliphatic carbocycles. The molecular formula is C21H22N4O2. The third-order valence-electron chi connectivity index (χ3n) is 3.84. The molecular weight excluding hydrogens is 340 g/mol. The second-order valence-corrected chi connectivity index (χ2v) is 5.78. The van der Waals surface area contributed by atoms with E-state index in [-0.39, 0.29) is 0 Å². The van der Waals surface area contributed by atoms with Crippen molar-refractivity contribution in [1.82, 2.24) is 4.98 Å². The highest BCUT2D eigenvalue weighted by atomic mass is 16.5. The number of nitrogens with two attached hydrogens (primary N) is 1. The van der Waals surface area contributed by atoms with Crippen molar-refractivity contribution < 1.29 is 9.47 Å². The fourth-order valence-electron chi connectivity index (χ4n) is 2.43. The lowest BCUT2D eigenvalue weighted by atomic mass is 10.2. The highest BCUT2D eigenvalue weighted by Gasteiger charge is 2.02. The molecule has 0 aliphatic heterocycles. The molecule has 3 aromatic rings. The van der Waals surface area contributed by atoms with Gasteiger partial charge in [-0.05, 0) is 42.0 Å². The third-order valence-corrected chi connectivity index (χ3v) is 3.84. The second kappa shape index (κ2) is 9.24. The van der Waals surface area contributed by atoms with E-state index in [4.69, 9.17) is 15.2 Å². The largest absolute Gasteiger partial charge is 0.495 e. The van der Waals surface area contributed by atoms with Gasteiger partial charge in [-0.3, -0.25) is 4.98 Å². The first-order chi connectivity index (χ1) is 13.2. The maximum atomic E-state index is 5.97. The van der Waals surface area contributed by atoms with Crippen molar-refractivity contribution >= 4 is 11.6 Å². The lowest BCUT2D eigenvalue weighted by Gasteiger charge is -2.10. The average Bonchev–Trinajstić information content (AvgIpc) is 2.72. The Bertz CT molecular complexity index is 880. The summed E-state index contributed by atoms with van der Waals surface area (Å²) >= 11 is 0. The van der Waals surface area contributed by atoms with Crippen LogP contribution in [0.5, 0.6) is 11.5 Å². The van der Waals surface area contributed by atoms with E-state index in [9.17, 15) is 0 Å². The van der Waals surface area contributed by atoms with Crippen LogP contribution in [0.2, 0.25) is 0 Å². The molecule has 0 atom stereocenters. The van der Waals surface area contributed by atoms with Crippen molar-refractivity contribution in [2.75, 3.05) is 12.4 Å². The number of anilines is 1. The summed E-state index contributed by atoms with van der Waals surface area (Å²) in [4.78, 5) is 8.60. The van der Waals surface area contributed by atoms with Crippen molar-refractivity contribution in [3.8, 4) is 11.5 Å². The van der Waals surface area contributed by atoms with Crippen LogP contribution in [-0.4, -0.2) is 18.1 Å². The molecule has 0 saturated carbocycles. The van der Waals surface area contributed by atoms with Gasteiger partial charge in [0, 0.05) is 6.20 Å². The molecule has 1 aromatic heterocycles. The molecule has 0 spiro atoms. The van der Waals surface area contributed by atoms with Crippen molar-refractivity contribution in [2.24, 2.45) is 10.7 Å². The standard InChI is InChI=1S/C21H22N4O2/c1-26-20-8-3-2-7-19(20)25-21(22)24-14-16-9-11-18(12-10-16)27-15-17-6-4-5-13-23-17/h2-13H,14-15H2,1H3,(H3,22,24,25). The van der Waals surface area contributed by atoms with E-state index in [2.05, 4.69) is 15.3 Å². The molecule has 0 aliphatic rings. The highest BCUT2D eigenvalue weighted by Crippen LogP contribution is 2.22. The summed E-state index contributed by atoms with van der Waals surface area (Å²) in [6.45, 7) is 0.905. The van der Waals surface area contributed by atoms with E-state index >= 15 is 0 Å². The van der Waals surface area contributed by atoms with E-state index in [1.54, 1.807) is 13.3 Å². The molecule has 0 amide bonds. The van der Waals surface area contributed by atoms with E-state index < -0.39 is 0 Å². The molecule has 6 nitrogen and oxygen atoms in total. The summed E-state index contributed by atoms with van der Waals surface area (Å²) in [7, 11) is 1.62. The molecule has 0 fully saturated rings. The van der Waals surface area contributed by atoms with E-state index in [0.29, 0.717) is 24.9 Å². The number of aromatic nitrogens is 1. The normalized spacial score (nSPS) is 11.1. The van der Waals surface area contributed by atoms with Gasteiger partial charge in [0.15, 0.2) is 5.96 Å². The minimum atomic E-state index is 0.329. The van der Waals surface area contributed by atoms with Crippen LogP contribution in [0.3, 0.4) is 0 Å². The van der Waals surface area contributed by atoms with Crippen LogP contribution in [0.25, 0.3) is 0 Å². The zero-order valence-corrected chi connectivity index (χ0v) is 15.1. The van der Waals surface area contributed by atoms with Gasteiger partial charge in [-0.15, -0.1) is 0 Å². The SMILES string of the molecule is COc1ccccc1NC(N)=NCc1ccc(OCc2ccccn2)cc1. The Kier molecular flexibility index (Phi) is 6.25. The molecule has 1 heterocycles. The number of nitrogens with one attached hydrogen (secondary N) is 1. The van der Waals surface area contributed by atoms with Crippen LogP contribution in [0.1, 0.15) is 11.3 Å². The Morgan fingerprint density at radius 3 is 2.56 bits per heavy atom. The Hall–Kier alpha value is -3.54. The molecule has 0 radical (unpaired) electrons. The van der Waals surface area contributed by atoms with E-state index in [1.807, 2.05) is 66.7 Å². The number of aliphatic imine (C=N–C) groups is 1. The number of pyridine rings is 1. The summed E-state index contributed by atoms with van der Waals surface area (Å²) in [5.41, 5.74) is 8.67. The second-order valence-electron chi connectivity index (χ2n) is 5.78. The van der Waals surface area contributed by atoms with Crippen molar-refractivity contribution in [3.63, 3.8) is 0 Å². The minimum Gasteiger partial charge on any atom is -0.495 e. The van der Waals surface area contributed by atoms with Gasteiger partial charge in [0.25, 0.3) is 0 Å². The van der Waals surface area contributed by atoms with Gasteiger partial charge < -0.3 is 20.5 Å². The summed E-state index contributed by atoms with van der Waals surface area (Å²) in [5.74, 6) is 1.83. The van der Waals surface area contributed by atoms with Crippen molar-refractivity contribution in [1.29, 1.82) is 0 Å². The summed E-state index contributed by atoms with van der Waals surface area (Å²) in [6.07, 6.45) is 1.75. The fourth-order valence-corrected chi connectivity index (χ4v) is 2.43. The lowest BCUT2D eigenvalue weighted by molar-refractivity contribution is 0.301. The Morgan fingerprint density at radius 1 is 1.04 bits per heavy atom. The molecule has 0 unspecified atom stereocenters. The molecule has 27 heavy (non-hydrogen) atoms. The van der Waals surface area contributed by atoms with E-state index in [1.165, 1.54) is 0 Å².